The van der Waals surface area contributed by atoms with Crippen LogP contribution in [-0.4, -0.2) is 18.5 Å². The van der Waals surface area contributed by atoms with E-state index >= 15 is 0 Å². The van der Waals surface area contributed by atoms with Crippen molar-refractivity contribution in [1.29, 1.82) is 0 Å². The molecule has 0 radical (unpaired) electrons. The standard InChI is InChI=1S/C11H15N3O3/c1-7-6-8(12)2-3-9(7)17-5-4-10(15)14-11(13)16/h2-3,6H,4-5,12H2,1H3,(H3,13,14,15,16). The van der Waals surface area contributed by atoms with Gasteiger partial charge < -0.3 is 16.2 Å². The molecule has 5 N–H and O–H groups in total. The van der Waals surface area contributed by atoms with Crippen LogP contribution in [0.25, 0.3) is 0 Å². The Morgan fingerprint density at radius 2 is 2.12 bits per heavy atom. The zero-order valence-electron chi connectivity index (χ0n) is 9.53. The number of anilines is 1. The summed E-state index contributed by atoms with van der Waals surface area (Å²) in [5.74, 6) is 0.191. The van der Waals surface area contributed by atoms with E-state index in [1.807, 2.05) is 12.2 Å². The van der Waals surface area contributed by atoms with Crippen molar-refractivity contribution in [1.82, 2.24) is 5.32 Å². The summed E-state index contributed by atoms with van der Waals surface area (Å²) in [7, 11) is 0. The number of hydrogen-bond donors (Lipinski definition) is 3. The summed E-state index contributed by atoms with van der Waals surface area (Å²) in [5.41, 5.74) is 11.9. The third kappa shape index (κ3) is 4.42. The zero-order valence-corrected chi connectivity index (χ0v) is 9.53. The highest BCUT2D eigenvalue weighted by molar-refractivity contribution is 5.93. The predicted octanol–water partition coefficient (Wildman–Crippen LogP) is 0.541. The van der Waals surface area contributed by atoms with E-state index in [1.165, 1.54) is 0 Å². The third-order valence-electron chi connectivity index (χ3n) is 2.05. The molecule has 1 aromatic carbocycles. The maximum atomic E-state index is 11.1. The van der Waals surface area contributed by atoms with Crippen molar-refractivity contribution in [3.05, 3.63) is 23.8 Å². The summed E-state index contributed by atoms with van der Waals surface area (Å²) < 4.78 is 5.38. The number of primary amides is 1. The number of ether oxygens (including phenoxy) is 1. The molecule has 1 aromatic rings. The fraction of sp³-hybridized carbons (Fsp3) is 0.273. The normalized spacial score (nSPS) is 9.71. The minimum Gasteiger partial charge on any atom is -0.493 e. The zero-order chi connectivity index (χ0) is 12.8. The molecule has 0 heterocycles. The average molecular weight is 237 g/mol. The fourth-order valence-electron chi connectivity index (χ4n) is 1.29. The highest BCUT2D eigenvalue weighted by Gasteiger charge is 2.05. The topological polar surface area (TPSA) is 107 Å². The minimum absolute atomic E-state index is 0.0623. The smallest absolute Gasteiger partial charge is 0.318 e. The lowest BCUT2D eigenvalue weighted by Crippen LogP contribution is -2.35. The van der Waals surface area contributed by atoms with Crippen LogP contribution < -0.4 is 21.5 Å². The first-order valence-corrected chi connectivity index (χ1v) is 5.07. The molecule has 92 valence electrons. The number of carbonyl (C=O) groups is 2. The Hall–Kier alpha value is -2.24. The molecule has 0 aliphatic carbocycles. The van der Waals surface area contributed by atoms with Gasteiger partial charge in [0.1, 0.15) is 5.75 Å². The van der Waals surface area contributed by atoms with Gasteiger partial charge in [-0.05, 0) is 30.7 Å². The number of carbonyl (C=O) groups excluding carboxylic acids is 2. The first kappa shape index (κ1) is 12.8. The van der Waals surface area contributed by atoms with Crippen molar-refractivity contribution in [3.63, 3.8) is 0 Å². The molecular weight excluding hydrogens is 222 g/mol. The molecule has 0 aliphatic heterocycles. The fourth-order valence-corrected chi connectivity index (χ4v) is 1.29. The molecule has 0 saturated heterocycles. The molecular formula is C11H15N3O3. The van der Waals surface area contributed by atoms with Crippen LogP contribution in [0.15, 0.2) is 18.2 Å². The van der Waals surface area contributed by atoms with Crippen molar-refractivity contribution in [2.75, 3.05) is 12.3 Å². The molecule has 0 bridgehead atoms. The van der Waals surface area contributed by atoms with Crippen molar-refractivity contribution >= 4 is 17.6 Å². The molecule has 6 nitrogen and oxygen atoms in total. The Balaban J connectivity index is 2.41. The lowest BCUT2D eigenvalue weighted by Gasteiger charge is -2.09. The Bertz CT molecular complexity index is 432. The average Bonchev–Trinajstić information content (AvgIpc) is 2.20. The number of nitrogens with one attached hydrogen (secondary N) is 1. The van der Waals surface area contributed by atoms with Gasteiger partial charge in [0.25, 0.3) is 0 Å². The number of imide groups is 1. The first-order valence-electron chi connectivity index (χ1n) is 5.07. The number of aryl methyl sites for hydroxylation is 1. The molecule has 0 unspecified atom stereocenters. The van der Waals surface area contributed by atoms with Gasteiger partial charge in [-0.3, -0.25) is 10.1 Å². The van der Waals surface area contributed by atoms with Gasteiger partial charge >= 0.3 is 6.03 Å². The van der Waals surface area contributed by atoms with Crippen molar-refractivity contribution in [3.8, 4) is 5.75 Å². The maximum absolute atomic E-state index is 11.1. The Morgan fingerprint density at radius 1 is 1.41 bits per heavy atom. The van der Waals surface area contributed by atoms with E-state index in [0.29, 0.717) is 11.4 Å². The van der Waals surface area contributed by atoms with E-state index in [2.05, 4.69) is 0 Å². The highest BCUT2D eigenvalue weighted by atomic mass is 16.5. The van der Waals surface area contributed by atoms with Gasteiger partial charge in [-0.2, -0.15) is 0 Å². The molecule has 1 rings (SSSR count). The maximum Gasteiger partial charge on any atom is 0.318 e. The van der Waals surface area contributed by atoms with E-state index in [4.69, 9.17) is 16.2 Å². The number of nitrogens with two attached hydrogens (primary N) is 2. The van der Waals surface area contributed by atoms with E-state index in [9.17, 15) is 9.59 Å². The van der Waals surface area contributed by atoms with Crippen LogP contribution >= 0.6 is 0 Å². The van der Waals surface area contributed by atoms with Crippen molar-refractivity contribution in [2.24, 2.45) is 5.73 Å². The number of amides is 3. The van der Waals surface area contributed by atoms with Gasteiger partial charge in [0, 0.05) is 5.69 Å². The van der Waals surface area contributed by atoms with Gasteiger partial charge in [0.2, 0.25) is 5.91 Å². The summed E-state index contributed by atoms with van der Waals surface area (Å²) >= 11 is 0. The van der Waals surface area contributed by atoms with E-state index in [0.717, 1.165) is 5.56 Å². The van der Waals surface area contributed by atoms with Gasteiger partial charge in [-0.15, -0.1) is 0 Å². The number of rotatable bonds is 4. The van der Waals surface area contributed by atoms with Gasteiger partial charge in [-0.25, -0.2) is 4.79 Å². The SMILES string of the molecule is Cc1cc(N)ccc1OCCC(=O)NC(N)=O. The molecule has 17 heavy (non-hydrogen) atoms. The van der Waals surface area contributed by atoms with Crippen molar-refractivity contribution < 1.29 is 14.3 Å². The monoisotopic (exact) mass is 237 g/mol. The van der Waals surface area contributed by atoms with Crippen molar-refractivity contribution in [2.45, 2.75) is 13.3 Å². The first-order chi connectivity index (χ1) is 7.99. The summed E-state index contributed by atoms with van der Waals surface area (Å²) in [6.07, 6.45) is 0.0623. The molecule has 0 saturated carbocycles. The summed E-state index contributed by atoms with van der Waals surface area (Å²) in [6.45, 7) is 2.03. The second kappa shape index (κ2) is 5.74. The quantitative estimate of drug-likeness (QED) is 0.664. The van der Waals surface area contributed by atoms with Gasteiger partial charge in [0.05, 0.1) is 13.0 Å². The summed E-state index contributed by atoms with van der Waals surface area (Å²) in [6, 6.07) is 4.36. The van der Waals surface area contributed by atoms with Crippen LogP contribution in [0, 0.1) is 6.92 Å². The largest absolute Gasteiger partial charge is 0.493 e. The summed E-state index contributed by atoms with van der Waals surface area (Å²) in [5, 5.41) is 1.95. The molecule has 0 aliphatic rings. The minimum atomic E-state index is -0.862. The molecule has 0 spiro atoms. The highest BCUT2D eigenvalue weighted by Crippen LogP contribution is 2.20. The molecule has 3 amide bonds. The van der Waals surface area contributed by atoms with E-state index < -0.39 is 11.9 Å². The Morgan fingerprint density at radius 3 is 2.71 bits per heavy atom. The molecule has 0 atom stereocenters. The summed E-state index contributed by atoms with van der Waals surface area (Å²) in [4.78, 5) is 21.4. The lowest BCUT2D eigenvalue weighted by atomic mass is 10.2. The van der Waals surface area contributed by atoms with E-state index in [-0.39, 0.29) is 13.0 Å². The second-order valence-corrected chi connectivity index (χ2v) is 3.54. The molecule has 0 fully saturated rings. The lowest BCUT2D eigenvalue weighted by molar-refractivity contribution is -0.120. The van der Waals surface area contributed by atoms with Crippen LogP contribution in [-0.2, 0) is 4.79 Å². The van der Waals surface area contributed by atoms with Gasteiger partial charge in [0.15, 0.2) is 0 Å². The second-order valence-electron chi connectivity index (χ2n) is 3.54. The van der Waals surface area contributed by atoms with Crippen LogP contribution in [0.5, 0.6) is 5.75 Å². The van der Waals surface area contributed by atoms with Crippen LogP contribution in [0.1, 0.15) is 12.0 Å². The molecule has 6 heteroatoms. The Kier molecular flexibility index (Phi) is 4.33. The van der Waals surface area contributed by atoms with Crippen LogP contribution in [0.4, 0.5) is 10.5 Å². The van der Waals surface area contributed by atoms with Gasteiger partial charge in [-0.1, -0.05) is 0 Å². The van der Waals surface area contributed by atoms with E-state index in [1.54, 1.807) is 18.2 Å². The molecule has 0 aromatic heterocycles. The predicted molar refractivity (Wildman–Crippen MR) is 63.4 cm³/mol. The third-order valence-corrected chi connectivity index (χ3v) is 2.05. The van der Waals surface area contributed by atoms with Crippen LogP contribution in [0.2, 0.25) is 0 Å². The number of urea groups is 1. The number of hydrogen-bond acceptors (Lipinski definition) is 4. The number of nitrogen functional groups attached to an aromatic ring is 1. The van der Waals surface area contributed by atoms with Crippen LogP contribution in [0.3, 0.4) is 0 Å². The number of benzene rings is 1. The Labute approximate surface area is 98.9 Å².